The summed E-state index contributed by atoms with van der Waals surface area (Å²) < 4.78 is 0. The second-order valence-corrected chi connectivity index (χ2v) is 4.23. The highest BCUT2D eigenvalue weighted by Gasteiger charge is 2.12. The summed E-state index contributed by atoms with van der Waals surface area (Å²) in [4.78, 5) is 23.6. The van der Waals surface area contributed by atoms with E-state index in [1.807, 2.05) is 0 Å². The largest absolute Gasteiger partial charge is 0.480 e. The molecule has 0 heterocycles. The first-order valence-corrected chi connectivity index (χ1v) is 5.96. The van der Waals surface area contributed by atoms with Crippen molar-refractivity contribution in [3.63, 3.8) is 0 Å². The van der Waals surface area contributed by atoms with Crippen molar-refractivity contribution in [1.82, 2.24) is 4.90 Å². The minimum absolute atomic E-state index is 0.186. The van der Waals surface area contributed by atoms with Gasteiger partial charge < -0.3 is 10.0 Å². The van der Waals surface area contributed by atoms with Crippen molar-refractivity contribution in [1.29, 1.82) is 0 Å². The maximum absolute atomic E-state index is 11.8. The lowest BCUT2D eigenvalue weighted by Gasteiger charge is -2.16. The smallest absolute Gasteiger partial charge is 0.323 e. The van der Waals surface area contributed by atoms with Gasteiger partial charge in [0.2, 0.25) is 5.91 Å². The molecule has 0 aliphatic heterocycles. The van der Waals surface area contributed by atoms with Crippen LogP contribution in [-0.4, -0.2) is 35.0 Å². The third-order valence-corrected chi connectivity index (χ3v) is 2.49. The quantitative estimate of drug-likeness (QED) is 0.643. The minimum Gasteiger partial charge on any atom is -0.480 e. The number of rotatable bonds is 6. The lowest BCUT2D eigenvalue weighted by molar-refractivity contribution is -0.142. The van der Waals surface area contributed by atoms with Crippen molar-refractivity contribution in [3.05, 3.63) is 53.6 Å². The summed E-state index contributed by atoms with van der Waals surface area (Å²) in [6.07, 6.45) is 4.39. The van der Waals surface area contributed by atoms with E-state index < -0.39 is 5.97 Å². The van der Waals surface area contributed by atoms with E-state index in [9.17, 15) is 9.59 Å². The van der Waals surface area contributed by atoms with Gasteiger partial charge in [-0.3, -0.25) is 9.59 Å². The monoisotopic (exact) mass is 279 g/mol. The number of aliphatic carboxylic acids is 1. The van der Waals surface area contributed by atoms with Gasteiger partial charge in [0.25, 0.3) is 0 Å². The molecule has 0 unspecified atom stereocenters. The molecule has 0 aliphatic rings. The van der Waals surface area contributed by atoms with Gasteiger partial charge in [-0.25, -0.2) is 0 Å². The highest BCUT2D eigenvalue weighted by atomic mass is 35.5. The van der Waals surface area contributed by atoms with Crippen molar-refractivity contribution >= 4 is 29.6 Å². The Balaban J connectivity index is 2.75. The van der Waals surface area contributed by atoms with E-state index >= 15 is 0 Å². The van der Waals surface area contributed by atoms with Crippen LogP contribution in [0.5, 0.6) is 0 Å². The third kappa shape index (κ3) is 5.40. The molecule has 0 saturated carbocycles. The van der Waals surface area contributed by atoms with Crippen molar-refractivity contribution in [2.75, 3.05) is 13.1 Å². The molecular weight excluding hydrogens is 266 g/mol. The molecule has 0 aromatic heterocycles. The topological polar surface area (TPSA) is 57.6 Å². The first-order valence-electron chi connectivity index (χ1n) is 5.58. The van der Waals surface area contributed by atoms with Gasteiger partial charge >= 0.3 is 5.97 Å². The van der Waals surface area contributed by atoms with Crippen molar-refractivity contribution in [3.8, 4) is 0 Å². The van der Waals surface area contributed by atoms with Crippen LogP contribution in [0.4, 0.5) is 0 Å². The van der Waals surface area contributed by atoms with Crippen molar-refractivity contribution in [2.24, 2.45) is 0 Å². The molecule has 0 saturated heterocycles. The number of nitrogens with zero attached hydrogens (tertiary/aromatic N) is 1. The van der Waals surface area contributed by atoms with Gasteiger partial charge in [-0.05, 0) is 23.8 Å². The second kappa shape index (κ2) is 7.38. The second-order valence-electron chi connectivity index (χ2n) is 3.79. The first-order chi connectivity index (χ1) is 9.02. The summed E-state index contributed by atoms with van der Waals surface area (Å²) in [5, 5.41) is 9.28. The average Bonchev–Trinajstić information content (AvgIpc) is 2.35. The SMILES string of the molecule is C=CCN(CC(=O)O)C(=O)C=Cc1cccc(Cl)c1. The number of carbonyl (C=O) groups is 2. The van der Waals surface area contributed by atoms with Crippen LogP contribution in [0, 0.1) is 0 Å². The summed E-state index contributed by atoms with van der Waals surface area (Å²) in [7, 11) is 0. The molecular formula is C14H14ClNO3. The third-order valence-electron chi connectivity index (χ3n) is 2.25. The van der Waals surface area contributed by atoms with Gasteiger partial charge in [0.1, 0.15) is 6.54 Å². The number of halogens is 1. The summed E-state index contributed by atoms with van der Waals surface area (Å²) >= 11 is 5.82. The molecule has 1 aromatic carbocycles. The van der Waals surface area contributed by atoms with Gasteiger partial charge in [-0.2, -0.15) is 0 Å². The molecule has 4 nitrogen and oxygen atoms in total. The van der Waals surface area contributed by atoms with Crippen molar-refractivity contribution < 1.29 is 14.7 Å². The molecule has 0 bridgehead atoms. The molecule has 0 fully saturated rings. The molecule has 1 N–H and O–H groups in total. The molecule has 5 heteroatoms. The molecule has 1 aromatic rings. The van der Waals surface area contributed by atoms with E-state index in [4.69, 9.17) is 16.7 Å². The molecule has 100 valence electrons. The number of benzene rings is 1. The highest BCUT2D eigenvalue weighted by molar-refractivity contribution is 6.30. The van der Waals surface area contributed by atoms with Crippen LogP contribution in [-0.2, 0) is 9.59 Å². The zero-order valence-electron chi connectivity index (χ0n) is 10.3. The number of carboxylic acids is 1. The Kier molecular flexibility index (Phi) is 5.82. The predicted molar refractivity (Wildman–Crippen MR) is 74.9 cm³/mol. The minimum atomic E-state index is -1.06. The van der Waals surface area contributed by atoms with Crippen LogP contribution in [0.1, 0.15) is 5.56 Å². The molecule has 0 radical (unpaired) electrons. The zero-order chi connectivity index (χ0) is 14.3. The van der Waals surface area contributed by atoms with Gasteiger partial charge in [0.05, 0.1) is 0 Å². The molecule has 0 aliphatic carbocycles. The van der Waals surface area contributed by atoms with E-state index in [-0.39, 0.29) is 19.0 Å². The predicted octanol–water partition coefficient (Wildman–Crippen LogP) is 2.45. The van der Waals surface area contributed by atoms with Crippen molar-refractivity contribution in [2.45, 2.75) is 0 Å². The zero-order valence-corrected chi connectivity index (χ0v) is 11.0. The van der Waals surface area contributed by atoms with Crippen LogP contribution in [0.3, 0.4) is 0 Å². The Morgan fingerprint density at radius 1 is 1.42 bits per heavy atom. The normalized spacial score (nSPS) is 10.4. The maximum Gasteiger partial charge on any atom is 0.323 e. The van der Waals surface area contributed by atoms with Gasteiger partial charge in [-0.1, -0.05) is 29.8 Å². The van der Waals surface area contributed by atoms with Crippen LogP contribution < -0.4 is 0 Å². The molecule has 19 heavy (non-hydrogen) atoms. The Bertz CT molecular complexity index is 511. The summed E-state index contributed by atoms with van der Waals surface area (Å²) in [5.74, 6) is -1.45. The molecule has 1 amide bonds. The number of hydrogen-bond donors (Lipinski definition) is 1. The van der Waals surface area contributed by atoms with Gasteiger partial charge in [-0.15, -0.1) is 6.58 Å². The van der Waals surface area contributed by atoms with Gasteiger partial charge in [0.15, 0.2) is 0 Å². The van der Waals surface area contributed by atoms with Crippen LogP contribution in [0.15, 0.2) is 43.0 Å². The van der Waals surface area contributed by atoms with E-state index in [0.717, 1.165) is 5.56 Å². The fraction of sp³-hybridized carbons (Fsp3) is 0.143. The van der Waals surface area contributed by atoms with Crippen LogP contribution >= 0.6 is 11.6 Å². The number of hydrogen-bond acceptors (Lipinski definition) is 2. The average molecular weight is 280 g/mol. The standard InChI is InChI=1S/C14H14ClNO3/c1-2-8-16(10-14(18)19)13(17)7-6-11-4-3-5-12(15)9-11/h2-7,9H,1,8,10H2,(H,18,19). The molecule has 0 atom stereocenters. The maximum atomic E-state index is 11.8. The highest BCUT2D eigenvalue weighted by Crippen LogP contribution is 2.11. The Morgan fingerprint density at radius 2 is 2.16 bits per heavy atom. The van der Waals surface area contributed by atoms with Crippen LogP contribution in [0.2, 0.25) is 5.02 Å². The first kappa shape index (κ1) is 15.0. The van der Waals surface area contributed by atoms with E-state index in [0.29, 0.717) is 5.02 Å². The summed E-state index contributed by atoms with van der Waals surface area (Å²) in [6.45, 7) is 3.32. The fourth-order valence-electron chi connectivity index (χ4n) is 1.43. The fourth-order valence-corrected chi connectivity index (χ4v) is 1.63. The van der Waals surface area contributed by atoms with Crippen LogP contribution in [0.25, 0.3) is 6.08 Å². The number of carboxylic acid groups (broad SMARTS) is 1. The van der Waals surface area contributed by atoms with E-state index in [2.05, 4.69) is 6.58 Å². The number of amides is 1. The Hall–Kier alpha value is -2.07. The van der Waals surface area contributed by atoms with Gasteiger partial charge in [0, 0.05) is 17.6 Å². The molecule has 1 rings (SSSR count). The lowest BCUT2D eigenvalue weighted by atomic mass is 10.2. The van der Waals surface area contributed by atoms with E-state index in [1.165, 1.54) is 17.1 Å². The number of carbonyl (C=O) groups excluding carboxylic acids is 1. The summed E-state index contributed by atoms with van der Waals surface area (Å²) in [6, 6.07) is 7.01. The summed E-state index contributed by atoms with van der Waals surface area (Å²) in [5.41, 5.74) is 0.773. The van der Waals surface area contributed by atoms with E-state index in [1.54, 1.807) is 30.3 Å². The Labute approximate surface area is 116 Å². The molecule has 0 spiro atoms. The Morgan fingerprint density at radius 3 is 2.74 bits per heavy atom. The lowest BCUT2D eigenvalue weighted by Crippen LogP contribution is -2.34.